The molecule has 0 unspecified atom stereocenters. The van der Waals surface area contributed by atoms with Gasteiger partial charge in [0.25, 0.3) is 0 Å². The highest BCUT2D eigenvalue weighted by Crippen LogP contribution is 2.42. The van der Waals surface area contributed by atoms with Gasteiger partial charge >= 0.3 is 0 Å². The van der Waals surface area contributed by atoms with Crippen molar-refractivity contribution in [2.24, 2.45) is 10.7 Å². The first-order valence-electron chi connectivity index (χ1n) is 7.42. The van der Waals surface area contributed by atoms with E-state index in [1.54, 1.807) is 0 Å². The zero-order valence-electron chi connectivity index (χ0n) is 11.5. The van der Waals surface area contributed by atoms with Crippen LogP contribution >= 0.6 is 0 Å². The van der Waals surface area contributed by atoms with Gasteiger partial charge in [-0.25, -0.2) is 4.99 Å². The van der Waals surface area contributed by atoms with Gasteiger partial charge in [-0.05, 0) is 31.2 Å². The average Bonchev–Trinajstić information content (AvgIpc) is 3.08. The lowest BCUT2D eigenvalue weighted by Crippen LogP contribution is -2.48. The maximum Gasteiger partial charge on any atom is 0.192 e. The van der Waals surface area contributed by atoms with Crippen LogP contribution in [0.4, 0.5) is 0 Å². The molecule has 1 aromatic carbocycles. The van der Waals surface area contributed by atoms with Gasteiger partial charge in [0, 0.05) is 12.1 Å². The minimum atomic E-state index is 0.351. The molecule has 1 aromatic rings. The second-order valence-electron chi connectivity index (χ2n) is 5.85. The van der Waals surface area contributed by atoms with Crippen molar-refractivity contribution in [3.05, 3.63) is 35.9 Å². The summed E-state index contributed by atoms with van der Waals surface area (Å²) in [5.74, 6) is 0.753. The Bertz CT molecular complexity index is 441. The van der Waals surface area contributed by atoms with Crippen molar-refractivity contribution < 1.29 is 0 Å². The van der Waals surface area contributed by atoms with Crippen LogP contribution in [0.25, 0.3) is 0 Å². The zero-order valence-corrected chi connectivity index (χ0v) is 11.5. The summed E-state index contributed by atoms with van der Waals surface area (Å²) in [6.07, 6.45) is 7.87. The van der Waals surface area contributed by atoms with Crippen molar-refractivity contribution in [1.82, 2.24) is 4.90 Å². The quantitative estimate of drug-likeness (QED) is 0.654. The number of likely N-dealkylation sites (tertiary alicyclic amines) is 1. The molecule has 1 saturated carbocycles. The van der Waals surface area contributed by atoms with Crippen LogP contribution in [0.3, 0.4) is 0 Å². The number of hydrogen-bond donors (Lipinski definition) is 1. The van der Waals surface area contributed by atoms with E-state index in [9.17, 15) is 0 Å². The van der Waals surface area contributed by atoms with E-state index >= 15 is 0 Å². The van der Waals surface area contributed by atoms with Gasteiger partial charge in [-0.3, -0.25) is 0 Å². The maximum atomic E-state index is 6.26. The van der Waals surface area contributed by atoms with Gasteiger partial charge in [-0.1, -0.05) is 43.2 Å². The number of rotatable bonds is 2. The smallest absolute Gasteiger partial charge is 0.192 e. The summed E-state index contributed by atoms with van der Waals surface area (Å²) in [4.78, 5) is 7.01. The van der Waals surface area contributed by atoms with Gasteiger partial charge in [0.15, 0.2) is 5.96 Å². The van der Waals surface area contributed by atoms with Crippen molar-refractivity contribution >= 4 is 5.96 Å². The van der Waals surface area contributed by atoms with Gasteiger partial charge < -0.3 is 10.6 Å². The van der Waals surface area contributed by atoms with Crippen molar-refractivity contribution in [2.45, 2.75) is 50.6 Å². The monoisotopic (exact) mass is 257 g/mol. The van der Waals surface area contributed by atoms with Gasteiger partial charge in [-0.15, -0.1) is 0 Å². The fourth-order valence-electron chi connectivity index (χ4n) is 3.69. The first kappa shape index (κ1) is 12.5. The SMILES string of the molecule is NC(=NCc1ccccc1)N1CCCC12CCCC2. The molecular weight excluding hydrogens is 234 g/mol. The summed E-state index contributed by atoms with van der Waals surface area (Å²) in [5, 5.41) is 0. The highest BCUT2D eigenvalue weighted by molar-refractivity contribution is 5.79. The summed E-state index contributed by atoms with van der Waals surface area (Å²) in [6.45, 7) is 1.78. The number of hydrogen-bond acceptors (Lipinski definition) is 1. The fraction of sp³-hybridized carbons (Fsp3) is 0.562. The topological polar surface area (TPSA) is 41.6 Å². The Morgan fingerprint density at radius 2 is 1.79 bits per heavy atom. The fourth-order valence-corrected chi connectivity index (χ4v) is 3.69. The molecule has 19 heavy (non-hydrogen) atoms. The lowest BCUT2D eigenvalue weighted by atomic mass is 9.94. The van der Waals surface area contributed by atoms with Crippen LogP contribution < -0.4 is 5.73 Å². The van der Waals surface area contributed by atoms with E-state index in [2.05, 4.69) is 34.2 Å². The summed E-state index contributed by atoms with van der Waals surface area (Å²) in [6, 6.07) is 10.3. The Hall–Kier alpha value is -1.51. The predicted octanol–water partition coefficient (Wildman–Crippen LogP) is 2.91. The van der Waals surface area contributed by atoms with Crippen LogP contribution in [-0.4, -0.2) is 22.9 Å². The van der Waals surface area contributed by atoms with E-state index in [0.717, 1.165) is 12.5 Å². The lowest BCUT2D eigenvalue weighted by Gasteiger charge is -2.36. The summed E-state index contributed by atoms with van der Waals surface area (Å²) in [5.41, 5.74) is 7.84. The summed E-state index contributed by atoms with van der Waals surface area (Å²) < 4.78 is 0. The molecule has 1 heterocycles. The molecule has 2 aliphatic rings. The minimum absolute atomic E-state index is 0.351. The van der Waals surface area contributed by atoms with E-state index < -0.39 is 0 Å². The first-order valence-corrected chi connectivity index (χ1v) is 7.42. The third kappa shape index (κ3) is 2.46. The number of nitrogens with two attached hydrogens (primary N) is 1. The Balaban J connectivity index is 1.71. The number of guanidine groups is 1. The maximum absolute atomic E-state index is 6.26. The molecule has 102 valence electrons. The third-order valence-corrected chi connectivity index (χ3v) is 4.67. The van der Waals surface area contributed by atoms with Crippen molar-refractivity contribution in [1.29, 1.82) is 0 Å². The van der Waals surface area contributed by atoms with E-state index in [0.29, 0.717) is 12.1 Å². The van der Waals surface area contributed by atoms with Crippen molar-refractivity contribution in [3.8, 4) is 0 Å². The molecule has 1 aliphatic heterocycles. The molecule has 3 nitrogen and oxygen atoms in total. The molecule has 0 bridgehead atoms. The molecule has 0 amide bonds. The Kier molecular flexibility index (Phi) is 3.45. The molecule has 2 fully saturated rings. The summed E-state index contributed by atoms with van der Waals surface area (Å²) >= 11 is 0. The van der Waals surface area contributed by atoms with Crippen LogP contribution in [0.5, 0.6) is 0 Å². The Morgan fingerprint density at radius 1 is 1.11 bits per heavy atom. The number of aliphatic imine (C=N–C) groups is 1. The van der Waals surface area contributed by atoms with Crippen LogP contribution in [0, 0.1) is 0 Å². The molecule has 1 saturated heterocycles. The third-order valence-electron chi connectivity index (χ3n) is 4.67. The standard InChI is InChI=1S/C16H23N3/c17-15(18-13-14-7-2-1-3-8-14)19-12-6-11-16(19)9-4-5-10-16/h1-3,7-8H,4-6,9-13H2,(H2,17,18). The molecule has 0 atom stereocenters. The Labute approximate surface area is 115 Å². The molecule has 2 N–H and O–H groups in total. The van der Waals surface area contributed by atoms with Gasteiger partial charge in [-0.2, -0.15) is 0 Å². The largest absolute Gasteiger partial charge is 0.370 e. The van der Waals surface area contributed by atoms with Gasteiger partial charge in [0.05, 0.1) is 6.54 Å². The van der Waals surface area contributed by atoms with Gasteiger partial charge in [0.2, 0.25) is 0 Å². The number of nitrogens with zero attached hydrogens (tertiary/aromatic N) is 2. The molecule has 3 rings (SSSR count). The second-order valence-corrected chi connectivity index (χ2v) is 5.85. The van der Waals surface area contributed by atoms with E-state index in [-0.39, 0.29) is 0 Å². The van der Waals surface area contributed by atoms with E-state index in [4.69, 9.17) is 5.73 Å². The molecule has 0 aromatic heterocycles. The normalized spacial score (nSPS) is 22.3. The van der Waals surface area contributed by atoms with Crippen LogP contribution in [0.2, 0.25) is 0 Å². The molecule has 1 spiro atoms. The second kappa shape index (κ2) is 5.24. The van der Waals surface area contributed by atoms with Gasteiger partial charge in [0.1, 0.15) is 0 Å². The first-order chi connectivity index (χ1) is 9.30. The molecule has 3 heteroatoms. The zero-order chi connectivity index (χ0) is 13.1. The van der Waals surface area contributed by atoms with Crippen LogP contribution in [0.1, 0.15) is 44.1 Å². The molecular formula is C16H23N3. The number of benzene rings is 1. The lowest BCUT2D eigenvalue weighted by molar-refractivity contribution is 0.233. The summed E-state index contributed by atoms with van der Waals surface area (Å²) in [7, 11) is 0. The Morgan fingerprint density at radius 3 is 2.53 bits per heavy atom. The minimum Gasteiger partial charge on any atom is -0.370 e. The highest BCUT2D eigenvalue weighted by atomic mass is 15.3. The van der Waals surface area contributed by atoms with Crippen LogP contribution in [-0.2, 0) is 6.54 Å². The highest BCUT2D eigenvalue weighted by Gasteiger charge is 2.43. The van der Waals surface area contributed by atoms with E-state index in [1.165, 1.54) is 44.1 Å². The molecule has 0 radical (unpaired) electrons. The van der Waals surface area contributed by atoms with Crippen molar-refractivity contribution in [3.63, 3.8) is 0 Å². The predicted molar refractivity (Wildman–Crippen MR) is 78.9 cm³/mol. The van der Waals surface area contributed by atoms with E-state index in [1.807, 2.05) is 6.07 Å². The van der Waals surface area contributed by atoms with Crippen LogP contribution in [0.15, 0.2) is 35.3 Å². The molecule has 1 aliphatic carbocycles. The average molecular weight is 257 g/mol. The van der Waals surface area contributed by atoms with Crippen molar-refractivity contribution in [2.75, 3.05) is 6.54 Å².